The Morgan fingerprint density at radius 2 is 2.33 bits per heavy atom. The minimum atomic E-state index is -1.13. The second-order valence-corrected chi connectivity index (χ2v) is 3.44. The Bertz CT molecular complexity index is 337. The number of hydrogen-bond acceptors (Lipinski definition) is 5. The Morgan fingerprint density at radius 3 is 2.80 bits per heavy atom. The number of anilines is 1. The second kappa shape index (κ2) is 4.79. The molecule has 0 fully saturated rings. The van der Waals surface area contributed by atoms with Crippen LogP contribution in [-0.4, -0.2) is 33.8 Å². The topological polar surface area (TPSA) is 95.6 Å². The van der Waals surface area contributed by atoms with Crippen LogP contribution in [-0.2, 0) is 0 Å². The largest absolute Gasteiger partial charge is 0.476 e. The quantitative estimate of drug-likeness (QED) is 0.671. The number of aromatic nitrogens is 1. The lowest BCUT2D eigenvalue weighted by molar-refractivity contribution is 0.0690. The Labute approximate surface area is 86.9 Å². The summed E-state index contributed by atoms with van der Waals surface area (Å²) >= 11 is 0. The first kappa shape index (κ1) is 11.5. The predicted molar refractivity (Wildman–Crippen MR) is 52.8 cm³/mol. The number of aromatic carboxylic acids is 1. The van der Waals surface area contributed by atoms with Gasteiger partial charge in [-0.05, 0) is 12.8 Å². The fourth-order valence-corrected chi connectivity index (χ4v) is 0.933. The average molecular weight is 214 g/mol. The smallest absolute Gasteiger partial charge is 0.357 e. The molecule has 0 aliphatic rings. The van der Waals surface area contributed by atoms with Gasteiger partial charge in [0.25, 0.3) is 6.01 Å². The van der Waals surface area contributed by atoms with Gasteiger partial charge in [0.15, 0.2) is 5.69 Å². The van der Waals surface area contributed by atoms with Gasteiger partial charge in [-0.3, -0.25) is 0 Å². The first-order valence-electron chi connectivity index (χ1n) is 4.60. The number of nitrogens with one attached hydrogen (secondary N) is 1. The number of hydrogen-bond donors (Lipinski definition) is 3. The third kappa shape index (κ3) is 2.95. The summed E-state index contributed by atoms with van der Waals surface area (Å²) in [6.45, 7) is 3.75. The maximum absolute atomic E-state index is 10.5. The molecular formula is C9H14N2O4. The van der Waals surface area contributed by atoms with Crippen LogP contribution in [0.5, 0.6) is 0 Å². The number of carboxylic acid groups (broad SMARTS) is 1. The van der Waals surface area contributed by atoms with Gasteiger partial charge in [0.1, 0.15) is 6.26 Å². The zero-order chi connectivity index (χ0) is 11.4. The molecule has 6 heteroatoms. The Morgan fingerprint density at radius 1 is 1.67 bits per heavy atom. The van der Waals surface area contributed by atoms with Crippen molar-refractivity contribution in [1.29, 1.82) is 0 Å². The van der Waals surface area contributed by atoms with Crippen molar-refractivity contribution in [2.24, 2.45) is 5.92 Å². The zero-order valence-electron chi connectivity index (χ0n) is 8.60. The monoisotopic (exact) mass is 214 g/mol. The molecule has 0 aromatic carbocycles. The van der Waals surface area contributed by atoms with Gasteiger partial charge < -0.3 is 19.9 Å². The van der Waals surface area contributed by atoms with E-state index in [1.165, 1.54) is 0 Å². The summed E-state index contributed by atoms with van der Waals surface area (Å²) in [5.74, 6) is -1.10. The van der Waals surface area contributed by atoms with Crippen LogP contribution in [0, 0.1) is 5.92 Å². The highest BCUT2D eigenvalue weighted by Crippen LogP contribution is 2.12. The van der Waals surface area contributed by atoms with Crippen molar-refractivity contribution in [3.63, 3.8) is 0 Å². The summed E-state index contributed by atoms with van der Waals surface area (Å²) in [6, 6.07) is 0.107. The lowest BCUT2D eigenvalue weighted by Gasteiger charge is -2.17. The lowest BCUT2D eigenvalue weighted by Crippen LogP contribution is -2.26. The van der Waals surface area contributed by atoms with Crippen molar-refractivity contribution < 1.29 is 19.4 Å². The van der Waals surface area contributed by atoms with E-state index in [9.17, 15) is 4.79 Å². The van der Waals surface area contributed by atoms with E-state index in [2.05, 4.69) is 10.3 Å². The minimum absolute atomic E-state index is 0.0326. The van der Waals surface area contributed by atoms with E-state index in [0.29, 0.717) is 0 Å². The number of oxazole rings is 1. The van der Waals surface area contributed by atoms with Crippen LogP contribution in [0.2, 0.25) is 0 Å². The molecule has 15 heavy (non-hydrogen) atoms. The highest BCUT2D eigenvalue weighted by atomic mass is 16.4. The third-order valence-electron chi connectivity index (χ3n) is 2.22. The number of aliphatic hydroxyl groups excluding tert-OH is 1. The molecule has 84 valence electrons. The number of nitrogens with zero attached hydrogens (tertiary/aromatic N) is 1. The van der Waals surface area contributed by atoms with Crippen molar-refractivity contribution >= 4 is 12.0 Å². The standard InChI is InChI=1S/C9H14N2O4/c1-5(3-12)6(2)10-9-11-7(4-15-9)8(13)14/h4-6,12H,3H2,1-2H3,(H,10,11)(H,13,14). The summed E-state index contributed by atoms with van der Waals surface area (Å²) in [5, 5.41) is 20.4. The SMILES string of the molecule is CC(CO)C(C)Nc1nc(C(=O)O)co1. The van der Waals surface area contributed by atoms with E-state index in [1.54, 1.807) is 0 Å². The van der Waals surface area contributed by atoms with Crippen molar-refractivity contribution in [2.75, 3.05) is 11.9 Å². The summed E-state index contributed by atoms with van der Waals surface area (Å²) < 4.78 is 4.91. The number of rotatable bonds is 5. The first-order valence-corrected chi connectivity index (χ1v) is 4.60. The molecule has 3 N–H and O–H groups in total. The van der Waals surface area contributed by atoms with Crippen LogP contribution in [0.4, 0.5) is 6.01 Å². The highest BCUT2D eigenvalue weighted by Gasteiger charge is 2.15. The van der Waals surface area contributed by atoms with Crippen molar-refractivity contribution in [1.82, 2.24) is 4.98 Å². The van der Waals surface area contributed by atoms with Gasteiger partial charge in [-0.15, -0.1) is 0 Å². The van der Waals surface area contributed by atoms with Gasteiger partial charge in [-0.2, -0.15) is 4.98 Å². The molecule has 0 radical (unpaired) electrons. The van der Waals surface area contributed by atoms with Gasteiger partial charge in [0.05, 0.1) is 0 Å². The van der Waals surface area contributed by atoms with E-state index in [-0.39, 0.29) is 30.3 Å². The lowest BCUT2D eigenvalue weighted by atomic mass is 10.1. The Balaban J connectivity index is 2.61. The molecule has 1 aromatic rings. The number of carboxylic acids is 1. The van der Waals surface area contributed by atoms with Crippen LogP contribution < -0.4 is 5.32 Å². The minimum Gasteiger partial charge on any atom is -0.476 e. The summed E-state index contributed by atoms with van der Waals surface area (Å²) in [7, 11) is 0. The molecule has 6 nitrogen and oxygen atoms in total. The first-order chi connectivity index (χ1) is 7.04. The molecule has 0 saturated carbocycles. The molecule has 1 heterocycles. The molecule has 1 aromatic heterocycles. The van der Waals surface area contributed by atoms with E-state index < -0.39 is 5.97 Å². The van der Waals surface area contributed by atoms with Crippen molar-refractivity contribution in [2.45, 2.75) is 19.9 Å². The third-order valence-corrected chi connectivity index (χ3v) is 2.22. The zero-order valence-corrected chi connectivity index (χ0v) is 8.60. The van der Waals surface area contributed by atoms with E-state index in [4.69, 9.17) is 14.6 Å². The summed E-state index contributed by atoms with van der Waals surface area (Å²) in [5.41, 5.74) is -0.138. The average Bonchev–Trinajstić information content (AvgIpc) is 2.65. The molecule has 0 bridgehead atoms. The van der Waals surface area contributed by atoms with Crippen molar-refractivity contribution in [3.8, 4) is 0 Å². The van der Waals surface area contributed by atoms with Crippen LogP contribution >= 0.6 is 0 Å². The highest BCUT2D eigenvalue weighted by molar-refractivity contribution is 5.85. The molecule has 0 aliphatic carbocycles. The normalized spacial score (nSPS) is 14.6. The number of carbonyl (C=O) groups is 1. The summed E-state index contributed by atoms with van der Waals surface area (Å²) in [4.78, 5) is 14.2. The maximum Gasteiger partial charge on any atom is 0.357 e. The fourth-order valence-electron chi connectivity index (χ4n) is 0.933. The predicted octanol–water partition coefficient (Wildman–Crippen LogP) is 0.802. The van der Waals surface area contributed by atoms with Crippen LogP contribution in [0.3, 0.4) is 0 Å². The number of aliphatic hydroxyl groups is 1. The van der Waals surface area contributed by atoms with Crippen molar-refractivity contribution in [3.05, 3.63) is 12.0 Å². The van der Waals surface area contributed by atoms with Gasteiger partial charge in [-0.1, -0.05) is 6.92 Å². The summed E-state index contributed by atoms with van der Waals surface area (Å²) in [6.07, 6.45) is 1.07. The Kier molecular flexibility index (Phi) is 3.68. The molecule has 0 spiro atoms. The van der Waals surface area contributed by atoms with Crippen LogP contribution in [0.1, 0.15) is 24.3 Å². The van der Waals surface area contributed by atoms with E-state index >= 15 is 0 Å². The fraction of sp³-hybridized carbons (Fsp3) is 0.556. The van der Waals surface area contributed by atoms with Crippen LogP contribution in [0.25, 0.3) is 0 Å². The molecule has 0 saturated heterocycles. The Hall–Kier alpha value is -1.56. The molecule has 0 amide bonds. The van der Waals surface area contributed by atoms with Gasteiger partial charge in [-0.25, -0.2) is 4.79 Å². The van der Waals surface area contributed by atoms with Crippen LogP contribution in [0.15, 0.2) is 10.7 Å². The maximum atomic E-state index is 10.5. The van der Waals surface area contributed by atoms with Gasteiger partial charge >= 0.3 is 5.97 Å². The van der Waals surface area contributed by atoms with Gasteiger partial charge in [0, 0.05) is 12.6 Å². The second-order valence-electron chi connectivity index (χ2n) is 3.44. The molecule has 1 rings (SSSR count). The molecular weight excluding hydrogens is 200 g/mol. The van der Waals surface area contributed by atoms with E-state index in [1.807, 2.05) is 13.8 Å². The molecule has 2 atom stereocenters. The molecule has 2 unspecified atom stereocenters. The van der Waals surface area contributed by atoms with Gasteiger partial charge in [0.2, 0.25) is 0 Å². The van der Waals surface area contributed by atoms with E-state index in [0.717, 1.165) is 6.26 Å². The molecule has 0 aliphatic heterocycles.